The van der Waals surface area contributed by atoms with Crippen molar-refractivity contribution in [2.24, 2.45) is 5.92 Å². The number of ether oxygens (including phenoxy) is 1. The van der Waals surface area contributed by atoms with E-state index in [2.05, 4.69) is 4.74 Å². The predicted octanol–water partition coefficient (Wildman–Crippen LogP) is 4.75. The fourth-order valence-corrected chi connectivity index (χ4v) is 2.35. The van der Waals surface area contributed by atoms with Gasteiger partial charge in [0.1, 0.15) is 0 Å². The van der Waals surface area contributed by atoms with E-state index >= 15 is 0 Å². The molecule has 0 unspecified atom stereocenters. The van der Waals surface area contributed by atoms with E-state index in [4.69, 9.17) is 0 Å². The first-order chi connectivity index (χ1) is 9.29. The summed E-state index contributed by atoms with van der Waals surface area (Å²) in [4.78, 5) is 0. The molecule has 0 amide bonds. The molecule has 1 saturated carbocycles. The molecular formula is C14H15F5O. The van der Waals surface area contributed by atoms with Crippen molar-refractivity contribution in [3.63, 3.8) is 0 Å². The summed E-state index contributed by atoms with van der Waals surface area (Å²) in [6.07, 6.45) is -2.00. The Bertz CT molecular complexity index is 457. The predicted molar refractivity (Wildman–Crippen MR) is 62.7 cm³/mol. The molecule has 1 aliphatic rings. The molecule has 112 valence electrons. The minimum absolute atomic E-state index is 0.268. The van der Waals surface area contributed by atoms with Crippen LogP contribution < -0.4 is 0 Å². The zero-order valence-electron chi connectivity index (χ0n) is 10.9. The van der Waals surface area contributed by atoms with E-state index in [9.17, 15) is 22.0 Å². The number of hydrogen-bond donors (Lipinski definition) is 0. The molecule has 1 aliphatic carbocycles. The molecule has 0 spiro atoms. The van der Waals surface area contributed by atoms with Gasteiger partial charge in [0.15, 0.2) is 17.5 Å². The van der Waals surface area contributed by atoms with Crippen LogP contribution in [0, 0.1) is 23.4 Å². The molecule has 0 bridgehead atoms. The molecule has 0 aliphatic heterocycles. The first-order valence-electron chi connectivity index (χ1n) is 6.50. The third-order valence-corrected chi connectivity index (χ3v) is 3.60. The molecule has 0 saturated heterocycles. The van der Waals surface area contributed by atoms with Crippen molar-refractivity contribution in [2.75, 3.05) is 0 Å². The summed E-state index contributed by atoms with van der Waals surface area (Å²) >= 11 is 0. The van der Waals surface area contributed by atoms with E-state index in [1.54, 1.807) is 0 Å². The van der Waals surface area contributed by atoms with E-state index in [0.717, 1.165) is 12.8 Å². The van der Waals surface area contributed by atoms with Crippen molar-refractivity contribution in [3.05, 3.63) is 35.1 Å². The Balaban J connectivity index is 2.13. The van der Waals surface area contributed by atoms with Crippen molar-refractivity contribution >= 4 is 0 Å². The third-order valence-electron chi connectivity index (χ3n) is 3.60. The van der Waals surface area contributed by atoms with Gasteiger partial charge in [0.25, 0.3) is 0 Å². The maximum absolute atomic E-state index is 13.9. The average Bonchev–Trinajstić information content (AvgIpc) is 2.38. The van der Waals surface area contributed by atoms with Gasteiger partial charge in [0.2, 0.25) is 0 Å². The molecule has 2 rings (SSSR count). The van der Waals surface area contributed by atoms with Crippen LogP contribution in [-0.2, 0) is 10.8 Å². The Morgan fingerprint density at radius 3 is 2.00 bits per heavy atom. The second-order valence-electron chi connectivity index (χ2n) is 5.27. The molecule has 6 heteroatoms. The monoisotopic (exact) mass is 294 g/mol. The summed E-state index contributed by atoms with van der Waals surface area (Å²) in [5, 5.41) is 0. The minimum atomic E-state index is -3.83. The average molecular weight is 294 g/mol. The number of halogens is 5. The fourth-order valence-electron chi connectivity index (χ4n) is 2.35. The summed E-state index contributed by atoms with van der Waals surface area (Å²) in [6, 6.07) is 0.535. The van der Waals surface area contributed by atoms with Gasteiger partial charge >= 0.3 is 6.11 Å². The van der Waals surface area contributed by atoms with Crippen molar-refractivity contribution in [3.8, 4) is 0 Å². The van der Waals surface area contributed by atoms with Gasteiger partial charge in [-0.15, -0.1) is 0 Å². The lowest BCUT2D eigenvalue weighted by molar-refractivity contribution is -0.278. The molecule has 0 radical (unpaired) electrons. The number of rotatable bonds is 3. The van der Waals surface area contributed by atoms with Crippen LogP contribution in [0.3, 0.4) is 0 Å². The second-order valence-corrected chi connectivity index (χ2v) is 5.27. The maximum atomic E-state index is 13.9. The second kappa shape index (κ2) is 5.68. The van der Waals surface area contributed by atoms with Gasteiger partial charge < -0.3 is 4.74 Å². The highest BCUT2D eigenvalue weighted by Crippen LogP contribution is 2.36. The van der Waals surface area contributed by atoms with E-state index in [0.29, 0.717) is 18.8 Å². The van der Waals surface area contributed by atoms with Crippen LogP contribution in [0.15, 0.2) is 12.1 Å². The highest BCUT2D eigenvalue weighted by atomic mass is 19.3. The maximum Gasteiger partial charge on any atom is 0.383 e. The lowest BCUT2D eigenvalue weighted by Crippen LogP contribution is -2.29. The SMILES string of the molecule is CC1CCC(OC(F)(F)c2cc(F)c(F)c(F)c2)CC1. The topological polar surface area (TPSA) is 9.23 Å². The fraction of sp³-hybridized carbons (Fsp3) is 0.571. The lowest BCUT2D eigenvalue weighted by atomic mass is 9.89. The van der Waals surface area contributed by atoms with Crippen molar-refractivity contribution in [1.29, 1.82) is 0 Å². The van der Waals surface area contributed by atoms with Crippen molar-refractivity contribution in [1.82, 2.24) is 0 Å². The van der Waals surface area contributed by atoms with Gasteiger partial charge in [-0.05, 0) is 43.7 Å². The van der Waals surface area contributed by atoms with Gasteiger partial charge in [-0.2, -0.15) is 8.78 Å². The first kappa shape index (κ1) is 15.2. The lowest BCUT2D eigenvalue weighted by Gasteiger charge is -2.29. The molecule has 0 atom stereocenters. The van der Waals surface area contributed by atoms with Crippen molar-refractivity contribution < 1.29 is 26.7 Å². The van der Waals surface area contributed by atoms with Crippen LogP contribution in [0.1, 0.15) is 38.2 Å². The van der Waals surface area contributed by atoms with E-state index in [1.807, 2.05) is 6.92 Å². The highest BCUT2D eigenvalue weighted by Gasteiger charge is 2.38. The molecule has 1 aromatic carbocycles. The van der Waals surface area contributed by atoms with Crippen LogP contribution in [-0.4, -0.2) is 6.10 Å². The van der Waals surface area contributed by atoms with E-state index in [1.165, 1.54) is 0 Å². The quantitative estimate of drug-likeness (QED) is 0.577. The zero-order valence-corrected chi connectivity index (χ0v) is 10.9. The molecule has 20 heavy (non-hydrogen) atoms. The Kier molecular flexibility index (Phi) is 4.32. The first-order valence-corrected chi connectivity index (χ1v) is 6.50. The largest absolute Gasteiger partial charge is 0.383 e. The van der Waals surface area contributed by atoms with Crippen molar-refractivity contribution in [2.45, 2.75) is 44.8 Å². The molecule has 0 heterocycles. The minimum Gasteiger partial charge on any atom is -0.313 e. The van der Waals surface area contributed by atoms with Gasteiger partial charge in [-0.3, -0.25) is 0 Å². The van der Waals surface area contributed by atoms with E-state index in [-0.39, 0.29) is 12.1 Å². The van der Waals surface area contributed by atoms with E-state index < -0.39 is 35.2 Å². The third kappa shape index (κ3) is 3.29. The number of benzene rings is 1. The van der Waals surface area contributed by atoms with Crippen LogP contribution in [0.4, 0.5) is 22.0 Å². The normalized spacial score (nSPS) is 23.9. The van der Waals surface area contributed by atoms with Crippen LogP contribution in [0.2, 0.25) is 0 Å². The Morgan fingerprint density at radius 1 is 1.00 bits per heavy atom. The van der Waals surface area contributed by atoms with Gasteiger partial charge in [-0.25, -0.2) is 13.2 Å². The summed E-state index contributed by atoms with van der Waals surface area (Å²) in [5.74, 6) is -4.61. The molecular weight excluding hydrogens is 279 g/mol. The smallest absolute Gasteiger partial charge is 0.313 e. The van der Waals surface area contributed by atoms with Gasteiger partial charge in [0.05, 0.1) is 11.7 Å². The van der Waals surface area contributed by atoms with Crippen LogP contribution >= 0.6 is 0 Å². The Morgan fingerprint density at radius 2 is 1.50 bits per heavy atom. The molecule has 1 aromatic rings. The standard InChI is InChI=1S/C14H15F5O/c1-8-2-4-10(5-3-8)20-14(18,19)9-6-11(15)13(17)12(16)7-9/h6-8,10H,2-5H2,1H3. The summed E-state index contributed by atoms with van der Waals surface area (Å²) in [6.45, 7) is 2.03. The summed E-state index contributed by atoms with van der Waals surface area (Å²) in [7, 11) is 0. The van der Waals surface area contributed by atoms with Gasteiger partial charge in [-0.1, -0.05) is 6.92 Å². The molecule has 1 fully saturated rings. The van der Waals surface area contributed by atoms with Gasteiger partial charge in [0, 0.05) is 0 Å². The zero-order chi connectivity index (χ0) is 14.9. The Labute approximate surface area is 113 Å². The summed E-state index contributed by atoms with van der Waals surface area (Å²) < 4.78 is 71.1. The number of hydrogen-bond acceptors (Lipinski definition) is 1. The van der Waals surface area contributed by atoms with Crippen LogP contribution in [0.5, 0.6) is 0 Å². The number of alkyl halides is 2. The Hall–Kier alpha value is -1.17. The molecule has 0 aromatic heterocycles. The molecule has 1 nitrogen and oxygen atoms in total. The van der Waals surface area contributed by atoms with Crippen LogP contribution in [0.25, 0.3) is 0 Å². The summed E-state index contributed by atoms with van der Waals surface area (Å²) in [5.41, 5.74) is -1.01. The highest BCUT2D eigenvalue weighted by molar-refractivity contribution is 5.22. The molecule has 0 N–H and O–H groups in total.